The number of nitrogens with zero attached hydrogens (tertiary/aromatic N) is 1. The molecule has 2 aromatic carbocycles. The van der Waals surface area contributed by atoms with Crippen LogP contribution in [0.2, 0.25) is 0 Å². The van der Waals surface area contributed by atoms with Gasteiger partial charge >= 0.3 is 0 Å². The average Bonchev–Trinajstić information content (AvgIpc) is 3.20. The van der Waals surface area contributed by atoms with E-state index in [1.54, 1.807) is 6.07 Å². The van der Waals surface area contributed by atoms with Crippen LogP contribution in [-0.2, 0) is 9.59 Å². The Labute approximate surface area is 160 Å². The highest BCUT2D eigenvalue weighted by atomic mass is 32.2. The van der Waals surface area contributed by atoms with Crippen molar-refractivity contribution >= 4 is 46.7 Å². The number of ether oxygens (including phenoxy) is 1. The first-order valence-electron chi connectivity index (χ1n) is 8.36. The molecule has 0 aliphatic carbocycles. The van der Waals surface area contributed by atoms with Gasteiger partial charge < -0.3 is 10.1 Å². The molecule has 2 aliphatic rings. The Bertz CT molecular complexity index is 820. The summed E-state index contributed by atoms with van der Waals surface area (Å²) in [5.41, 5.74) is 2.62. The second-order valence-corrected chi connectivity index (χ2v) is 8.70. The van der Waals surface area contributed by atoms with E-state index in [0.29, 0.717) is 21.7 Å². The van der Waals surface area contributed by atoms with Crippen molar-refractivity contribution < 1.29 is 14.3 Å². The first-order valence-corrected chi connectivity index (χ1v) is 10.5. The molecule has 1 saturated heterocycles. The Kier molecular flexibility index (Phi) is 5.08. The standard InChI is InChI=1S/C19H18N2O3S2/c22-17-11-21(16-4-2-1-3-15(16)20-17)18(23)12-24-14-7-5-13(6-8-14)19-25-9-10-26-19/h1-8,19H,9-12H2,(H,20,22). The molecule has 134 valence electrons. The van der Waals surface area contributed by atoms with Crippen molar-refractivity contribution in [2.45, 2.75) is 4.58 Å². The first kappa shape index (κ1) is 17.3. The molecule has 1 N–H and O–H groups in total. The van der Waals surface area contributed by atoms with Crippen LogP contribution in [0.1, 0.15) is 10.1 Å². The molecular weight excluding hydrogens is 368 g/mol. The zero-order valence-corrected chi connectivity index (χ0v) is 15.6. The van der Waals surface area contributed by atoms with E-state index in [0.717, 1.165) is 0 Å². The number of thioether (sulfide) groups is 2. The van der Waals surface area contributed by atoms with E-state index in [9.17, 15) is 9.59 Å². The van der Waals surface area contributed by atoms with E-state index in [2.05, 4.69) is 17.4 Å². The summed E-state index contributed by atoms with van der Waals surface area (Å²) in [5, 5.41) is 2.77. The number of amides is 2. The van der Waals surface area contributed by atoms with Crippen molar-refractivity contribution in [2.75, 3.05) is 34.9 Å². The van der Waals surface area contributed by atoms with Crippen molar-refractivity contribution in [1.29, 1.82) is 0 Å². The lowest BCUT2D eigenvalue weighted by atomic mass is 10.2. The highest BCUT2D eigenvalue weighted by Gasteiger charge is 2.26. The van der Waals surface area contributed by atoms with Crippen molar-refractivity contribution in [3.63, 3.8) is 0 Å². The molecular formula is C19H18N2O3S2. The lowest BCUT2D eigenvalue weighted by molar-refractivity contribution is -0.123. The third-order valence-electron chi connectivity index (χ3n) is 4.21. The van der Waals surface area contributed by atoms with E-state index in [4.69, 9.17) is 4.74 Å². The zero-order valence-electron chi connectivity index (χ0n) is 14.0. The Morgan fingerprint density at radius 1 is 1.12 bits per heavy atom. The molecule has 7 heteroatoms. The van der Waals surface area contributed by atoms with Crippen LogP contribution < -0.4 is 15.0 Å². The molecule has 5 nitrogen and oxygen atoms in total. The Hall–Kier alpha value is -2.12. The summed E-state index contributed by atoms with van der Waals surface area (Å²) in [6, 6.07) is 15.2. The molecule has 0 atom stereocenters. The lowest BCUT2D eigenvalue weighted by Crippen LogP contribution is -2.44. The summed E-state index contributed by atoms with van der Waals surface area (Å²) >= 11 is 3.91. The molecule has 0 unspecified atom stereocenters. The van der Waals surface area contributed by atoms with Crippen molar-refractivity contribution in [2.24, 2.45) is 0 Å². The van der Waals surface area contributed by atoms with E-state index in [1.165, 1.54) is 22.0 Å². The zero-order chi connectivity index (χ0) is 17.9. The molecule has 4 rings (SSSR count). The number of para-hydroxylation sites is 2. The number of fused-ring (bicyclic) bond motifs is 1. The number of carbonyl (C=O) groups excluding carboxylic acids is 2. The van der Waals surface area contributed by atoms with E-state index >= 15 is 0 Å². The number of carbonyl (C=O) groups is 2. The molecule has 0 radical (unpaired) electrons. The monoisotopic (exact) mass is 386 g/mol. The predicted molar refractivity (Wildman–Crippen MR) is 107 cm³/mol. The molecule has 0 aromatic heterocycles. The lowest BCUT2D eigenvalue weighted by Gasteiger charge is -2.29. The molecule has 0 bridgehead atoms. The fraction of sp³-hybridized carbons (Fsp3) is 0.263. The predicted octanol–water partition coefficient (Wildman–Crippen LogP) is 3.53. The maximum Gasteiger partial charge on any atom is 0.265 e. The topological polar surface area (TPSA) is 58.6 Å². The summed E-state index contributed by atoms with van der Waals surface area (Å²) in [7, 11) is 0. The van der Waals surface area contributed by atoms with Gasteiger partial charge in [-0.3, -0.25) is 14.5 Å². The van der Waals surface area contributed by atoms with E-state index < -0.39 is 0 Å². The number of benzene rings is 2. The fourth-order valence-corrected chi connectivity index (χ4v) is 5.81. The van der Waals surface area contributed by atoms with Gasteiger partial charge in [0.05, 0.1) is 16.0 Å². The van der Waals surface area contributed by atoms with E-state index in [-0.39, 0.29) is 25.0 Å². The summed E-state index contributed by atoms with van der Waals surface area (Å²) in [4.78, 5) is 25.9. The molecule has 2 amide bonds. The van der Waals surface area contributed by atoms with Gasteiger partial charge in [0.1, 0.15) is 12.3 Å². The van der Waals surface area contributed by atoms with Gasteiger partial charge in [-0.1, -0.05) is 24.3 Å². The van der Waals surface area contributed by atoms with Gasteiger partial charge in [-0.05, 0) is 29.8 Å². The molecule has 26 heavy (non-hydrogen) atoms. The summed E-state index contributed by atoms with van der Waals surface area (Å²) in [5.74, 6) is 2.59. The maximum absolute atomic E-state index is 12.6. The Balaban J connectivity index is 1.40. The van der Waals surface area contributed by atoms with Crippen LogP contribution in [0.3, 0.4) is 0 Å². The van der Waals surface area contributed by atoms with Crippen LogP contribution >= 0.6 is 23.5 Å². The van der Waals surface area contributed by atoms with Gasteiger partial charge in [-0.15, -0.1) is 23.5 Å². The minimum absolute atomic E-state index is 0.00821. The minimum Gasteiger partial charge on any atom is -0.484 e. The highest BCUT2D eigenvalue weighted by molar-refractivity contribution is 8.19. The second kappa shape index (κ2) is 7.63. The van der Waals surface area contributed by atoms with Crippen LogP contribution in [0.5, 0.6) is 5.75 Å². The van der Waals surface area contributed by atoms with Crippen LogP contribution in [-0.4, -0.2) is 36.5 Å². The van der Waals surface area contributed by atoms with Gasteiger partial charge in [0, 0.05) is 11.5 Å². The fourth-order valence-electron chi connectivity index (χ4n) is 2.95. The third kappa shape index (κ3) is 3.68. The molecule has 2 aliphatic heterocycles. The van der Waals surface area contributed by atoms with Crippen LogP contribution in [0.25, 0.3) is 0 Å². The van der Waals surface area contributed by atoms with Crippen LogP contribution in [0.15, 0.2) is 48.5 Å². The highest BCUT2D eigenvalue weighted by Crippen LogP contribution is 2.45. The SMILES string of the molecule is O=C1CN(C(=O)COc2ccc(C3SCCS3)cc2)c2ccccc2N1. The van der Waals surface area contributed by atoms with Gasteiger partial charge in [-0.25, -0.2) is 0 Å². The molecule has 2 heterocycles. The molecule has 0 saturated carbocycles. The van der Waals surface area contributed by atoms with Gasteiger partial charge in [0.25, 0.3) is 5.91 Å². The normalized spacial score (nSPS) is 16.9. The summed E-state index contributed by atoms with van der Waals surface area (Å²) in [6.07, 6.45) is 0. The van der Waals surface area contributed by atoms with Gasteiger partial charge in [0.2, 0.25) is 5.91 Å². The Morgan fingerprint density at radius 2 is 1.85 bits per heavy atom. The van der Waals surface area contributed by atoms with Crippen molar-refractivity contribution in [1.82, 2.24) is 0 Å². The smallest absolute Gasteiger partial charge is 0.265 e. The third-order valence-corrected chi connectivity index (χ3v) is 7.31. The maximum atomic E-state index is 12.6. The molecule has 1 fully saturated rings. The van der Waals surface area contributed by atoms with Gasteiger partial charge in [0.15, 0.2) is 6.61 Å². The number of hydrogen-bond acceptors (Lipinski definition) is 5. The number of nitrogens with one attached hydrogen (secondary N) is 1. The minimum atomic E-state index is -0.238. The largest absolute Gasteiger partial charge is 0.484 e. The van der Waals surface area contributed by atoms with E-state index in [1.807, 2.05) is 53.9 Å². The number of hydrogen-bond donors (Lipinski definition) is 1. The second-order valence-electron chi connectivity index (χ2n) is 5.98. The average molecular weight is 386 g/mol. The van der Waals surface area contributed by atoms with Crippen LogP contribution in [0.4, 0.5) is 11.4 Å². The molecule has 2 aromatic rings. The first-order chi connectivity index (χ1) is 12.7. The van der Waals surface area contributed by atoms with Gasteiger partial charge in [-0.2, -0.15) is 0 Å². The van der Waals surface area contributed by atoms with Crippen molar-refractivity contribution in [3.05, 3.63) is 54.1 Å². The molecule has 0 spiro atoms. The van der Waals surface area contributed by atoms with Crippen LogP contribution in [0, 0.1) is 0 Å². The number of rotatable bonds is 4. The summed E-state index contributed by atoms with van der Waals surface area (Å²) < 4.78 is 6.15. The quantitative estimate of drug-likeness (QED) is 0.871. The Morgan fingerprint density at radius 3 is 2.62 bits per heavy atom. The number of anilines is 2. The summed E-state index contributed by atoms with van der Waals surface area (Å²) in [6.45, 7) is -0.0951. The van der Waals surface area contributed by atoms with Crippen molar-refractivity contribution in [3.8, 4) is 5.75 Å².